The molecule has 0 amide bonds. The van der Waals surface area contributed by atoms with E-state index in [4.69, 9.17) is 11.6 Å². The quantitative estimate of drug-likeness (QED) is 0.849. The molecule has 0 saturated carbocycles. The Morgan fingerprint density at radius 2 is 2.05 bits per heavy atom. The minimum atomic E-state index is 0.280. The molecule has 2 unspecified atom stereocenters. The molecule has 1 rings (SSSR count). The molecule has 0 bridgehead atoms. The van der Waals surface area contributed by atoms with E-state index in [1.165, 1.54) is 6.42 Å². The van der Waals surface area contributed by atoms with Crippen molar-refractivity contribution in [1.29, 1.82) is 0 Å². The van der Waals surface area contributed by atoms with Gasteiger partial charge in [-0.2, -0.15) is 5.10 Å². The number of aryl methyl sites for hydroxylation is 1. The van der Waals surface area contributed by atoms with E-state index in [2.05, 4.69) is 45.0 Å². The Balaban J connectivity index is 2.79. The van der Waals surface area contributed by atoms with E-state index in [0.29, 0.717) is 11.3 Å². The fourth-order valence-corrected chi connectivity index (χ4v) is 3.18. The smallest absolute Gasteiger partial charge is 0.0834 e. The number of hydrogen-bond donors (Lipinski definition) is 1. The minimum Gasteiger partial charge on any atom is -0.309 e. The van der Waals surface area contributed by atoms with E-state index < -0.39 is 0 Å². The summed E-state index contributed by atoms with van der Waals surface area (Å²) >= 11 is 6.27. The summed E-state index contributed by atoms with van der Waals surface area (Å²) in [4.78, 5) is 0. The van der Waals surface area contributed by atoms with Crippen molar-refractivity contribution in [2.75, 3.05) is 6.54 Å². The normalized spacial score (nSPS) is 15.5. The number of halogens is 1. The lowest BCUT2D eigenvalue weighted by atomic mass is 9.82. The fraction of sp³-hybridized carbons (Fsp3) is 0.800. The van der Waals surface area contributed by atoms with Gasteiger partial charge in [0.2, 0.25) is 0 Å². The van der Waals surface area contributed by atoms with Gasteiger partial charge in [0, 0.05) is 7.05 Å². The Bertz CT molecular complexity index is 373. The first-order valence-corrected chi connectivity index (χ1v) is 7.53. The molecule has 19 heavy (non-hydrogen) atoms. The number of aromatic nitrogens is 2. The van der Waals surface area contributed by atoms with Gasteiger partial charge in [0.1, 0.15) is 0 Å². The van der Waals surface area contributed by atoms with Gasteiger partial charge < -0.3 is 5.32 Å². The van der Waals surface area contributed by atoms with Crippen molar-refractivity contribution in [3.05, 3.63) is 16.9 Å². The van der Waals surface area contributed by atoms with Gasteiger partial charge >= 0.3 is 0 Å². The molecule has 1 aromatic heterocycles. The fourth-order valence-electron chi connectivity index (χ4n) is 2.88. The Kier molecular flexibility index (Phi) is 5.87. The summed E-state index contributed by atoms with van der Waals surface area (Å²) in [6.07, 6.45) is 4.03. The molecule has 0 spiro atoms. The lowest BCUT2D eigenvalue weighted by Gasteiger charge is -2.27. The maximum absolute atomic E-state index is 6.27. The summed E-state index contributed by atoms with van der Waals surface area (Å²) in [6, 6.07) is 0.280. The van der Waals surface area contributed by atoms with Crippen LogP contribution in [0.5, 0.6) is 0 Å². The standard InChI is InChI=1S/C15H28ClN3/c1-7-17-13(8-11(2)9-15(3,4)5)14-12(16)10-18-19(14)6/h10-11,13,17H,7-9H2,1-6H3. The maximum Gasteiger partial charge on any atom is 0.0834 e. The van der Waals surface area contributed by atoms with E-state index in [1.54, 1.807) is 6.20 Å². The third kappa shape index (κ3) is 5.15. The summed E-state index contributed by atoms with van der Waals surface area (Å²) in [7, 11) is 1.96. The molecular formula is C15H28ClN3. The van der Waals surface area contributed by atoms with Crippen LogP contribution in [0.15, 0.2) is 6.20 Å². The van der Waals surface area contributed by atoms with Gasteiger partial charge in [-0.3, -0.25) is 4.68 Å². The molecule has 1 N–H and O–H groups in total. The van der Waals surface area contributed by atoms with Gasteiger partial charge in [-0.15, -0.1) is 0 Å². The van der Waals surface area contributed by atoms with Crippen LogP contribution in [0, 0.1) is 11.3 Å². The molecule has 3 nitrogen and oxygen atoms in total. The molecule has 2 atom stereocenters. The Morgan fingerprint density at radius 1 is 1.42 bits per heavy atom. The van der Waals surface area contributed by atoms with Crippen molar-refractivity contribution >= 4 is 11.6 Å². The third-order valence-electron chi connectivity index (χ3n) is 3.32. The number of rotatable bonds is 6. The molecule has 0 aliphatic rings. The van der Waals surface area contributed by atoms with Crippen molar-refractivity contribution in [2.45, 2.75) is 53.5 Å². The predicted octanol–water partition coefficient (Wildman–Crippen LogP) is 4.19. The molecule has 1 aromatic rings. The lowest BCUT2D eigenvalue weighted by Crippen LogP contribution is -2.26. The lowest BCUT2D eigenvalue weighted by molar-refractivity contribution is 0.273. The monoisotopic (exact) mass is 285 g/mol. The van der Waals surface area contributed by atoms with Crippen molar-refractivity contribution in [1.82, 2.24) is 15.1 Å². The number of nitrogens with one attached hydrogen (secondary N) is 1. The van der Waals surface area contributed by atoms with Crippen LogP contribution >= 0.6 is 11.6 Å². The molecular weight excluding hydrogens is 258 g/mol. The second kappa shape index (κ2) is 6.76. The highest BCUT2D eigenvalue weighted by molar-refractivity contribution is 6.31. The highest BCUT2D eigenvalue weighted by Crippen LogP contribution is 2.32. The van der Waals surface area contributed by atoms with Crippen molar-refractivity contribution < 1.29 is 0 Å². The number of hydrogen-bond acceptors (Lipinski definition) is 2. The van der Waals surface area contributed by atoms with Crippen molar-refractivity contribution in [3.63, 3.8) is 0 Å². The average molecular weight is 286 g/mol. The molecule has 0 aromatic carbocycles. The van der Waals surface area contributed by atoms with Gasteiger partial charge in [-0.25, -0.2) is 0 Å². The third-order valence-corrected chi connectivity index (χ3v) is 3.61. The highest BCUT2D eigenvalue weighted by atomic mass is 35.5. The average Bonchev–Trinajstić information content (AvgIpc) is 2.55. The first-order chi connectivity index (χ1) is 8.74. The molecule has 110 valence electrons. The summed E-state index contributed by atoms with van der Waals surface area (Å²) in [5, 5.41) is 8.54. The van der Waals surface area contributed by atoms with Crippen molar-refractivity contribution in [2.24, 2.45) is 18.4 Å². The van der Waals surface area contributed by atoms with Crippen LogP contribution in [0.2, 0.25) is 5.02 Å². The Labute approximate surface area is 122 Å². The number of nitrogens with zero attached hydrogens (tertiary/aromatic N) is 2. The van der Waals surface area contributed by atoms with E-state index >= 15 is 0 Å². The second-order valence-corrected chi connectivity index (χ2v) is 7.12. The summed E-state index contributed by atoms with van der Waals surface area (Å²) in [5.41, 5.74) is 1.47. The molecule has 4 heteroatoms. The zero-order valence-electron chi connectivity index (χ0n) is 13.1. The molecule has 1 heterocycles. The molecule has 0 aliphatic heterocycles. The zero-order valence-corrected chi connectivity index (χ0v) is 13.9. The Hall–Kier alpha value is -0.540. The van der Waals surface area contributed by atoms with Crippen LogP contribution in [-0.4, -0.2) is 16.3 Å². The molecule has 0 saturated heterocycles. The largest absolute Gasteiger partial charge is 0.309 e. The van der Waals surface area contributed by atoms with E-state index in [-0.39, 0.29) is 6.04 Å². The highest BCUT2D eigenvalue weighted by Gasteiger charge is 2.23. The first kappa shape index (κ1) is 16.5. The van der Waals surface area contributed by atoms with Crippen LogP contribution in [-0.2, 0) is 7.05 Å². The van der Waals surface area contributed by atoms with E-state index in [1.807, 2.05) is 11.7 Å². The zero-order chi connectivity index (χ0) is 14.6. The van der Waals surface area contributed by atoms with Crippen LogP contribution in [0.25, 0.3) is 0 Å². The second-order valence-electron chi connectivity index (χ2n) is 6.72. The predicted molar refractivity (Wildman–Crippen MR) is 82.5 cm³/mol. The first-order valence-electron chi connectivity index (χ1n) is 7.15. The Morgan fingerprint density at radius 3 is 2.47 bits per heavy atom. The van der Waals surface area contributed by atoms with Crippen LogP contribution in [0.3, 0.4) is 0 Å². The molecule has 0 aliphatic carbocycles. The summed E-state index contributed by atoms with van der Waals surface area (Å²) < 4.78 is 1.89. The summed E-state index contributed by atoms with van der Waals surface area (Å²) in [6.45, 7) is 12.3. The summed E-state index contributed by atoms with van der Waals surface area (Å²) in [5.74, 6) is 0.648. The topological polar surface area (TPSA) is 29.9 Å². The van der Waals surface area contributed by atoms with Gasteiger partial charge in [0.05, 0.1) is 23.0 Å². The molecule has 0 radical (unpaired) electrons. The van der Waals surface area contributed by atoms with Crippen LogP contribution in [0.4, 0.5) is 0 Å². The van der Waals surface area contributed by atoms with Gasteiger partial charge in [0.25, 0.3) is 0 Å². The SMILES string of the molecule is CCNC(CC(C)CC(C)(C)C)c1c(Cl)cnn1C. The van der Waals surface area contributed by atoms with Crippen molar-refractivity contribution in [3.8, 4) is 0 Å². The van der Waals surface area contributed by atoms with Crippen LogP contribution in [0.1, 0.15) is 59.2 Å². The molecule has 0 fully saturated rings. The maximum atomic E-state index is 6.27. The van der Waals surface area contributed by atoms with Gasteiger partial charge in [-0.05, 0) is 30.7 Å². The van der Waals surface area contributed by atoms with Gasteiger partial charge in [-0.1, -0.05) is 46.2 Å². The van der Waals surface area contributed by atoms with Crippen LogP contribution < -0.4 is 5.32 Å². The van der Waals surface area contributed by atoms with E-state index in [9.17, 15) is 0 Å². The van der Waals surface area contributed by atoms with E-state index in [0.717, 1.165) is 23.7 Å². The van der Waals surface area contributed by atoms with Gasteiger partial charge in [0.15, 0.2) is 0 Å². The minimum absolute atomic E-state index is 0.280.